The Bertz CT molecular complexity index is 971. The Hall–Kier alpha value is -2.08. The lowest BCUT2D eigenvalue weighted by Gasteiger charge is -2.17. The first kappa shape index (κ1) is 14.3. The molecule has 0 aliphatic heterocycles. The molecule has 0 amide bonds. The molecule has 0 unspecified atom stereocenters. The van der Waals surface area contributed by atoms with Crippen LogP contribution in [0.3, 0.4) is 0 Å². The summed E-state index contributed by atoms with van der Waals surface area (Å²) in [5.41, 5.74) is 1.53. The second kappa shape index (κ2) is 5.77. The Balaban J connectivity index is 1.69. The van der Waals surface area contributed by atoms with E-state index in [2.05, 4.69) is 54.6 Å². The first-order valence-corrected chi connectivity index (χ1v) is 9.39. The Morgan fingerprint density at radius 3 is 1.96 bits per heavy atom. The van der Waals surface area contributed by atoms with Gasteiger partial charge in [0.25, 0.3) is 0 Å². The van der Waals surface area contributed by atoms with Gasteiger partial charge in [0.05, 0.1) is 0 Å². The zero-order valence-corrected chi connectivity index (χ0v) is 14.1. The molecule has 0 saturated heterocycles. The summed E-state index contributed by atoms with van der Waals surface area (Å²) in [5.74, 6) is 1.77. The summed E-state index contributed by atoms with van der Waals surface area (Å²) in [7, 11) is 0. The fraction of sp³-hybridized carbons (Fsp3) is 0.292. The monoisotopic (exact) mass is 311 g/mol. The summed E-state index contributed by atoms with van der Waals surface area (Å²) in [5, 5.41) is 8.49. The van der Waals surface area contributed by atoms with Crippen LogP contribution in [0.4, 0.5) is 0 Å². The highest BCUT2D eigenvalue weighted by Gasteiger charge is 2.16. The maximum atomic E-state index is 2.37. The van der Waals surface area contributed by atoms with Gasteiger partial charge in [-0.15, -0.1) is 0 Å². The van der Waals surface area contributed by atoms with Crippen molar-refractivity contribution < 1.29 is 0 Å². The van der Waals surface area contributed by atoms with E-state index in [0.717, 1.165) is 0 Å². The molecule has 0 nitrogen and oxygen atoms in total. The standard InChI is InChI=1S/C24H23/c1-2-4-7-17(6-3-1)16-21-13-12-20-11-10-18-8-5-9-19-14-15-22(21)24(20)23(18)19/h5,8-15H,1-4,6-7,16H2. The normalized spacial score (nSPS) is 17.0. The molecule has 0 bridgehead atoms. The molecule has 119 valence electrons. The lowest BCUT2D eigenvalue weighted by atomic mass is 9.87. The van der Waals surface area contributed by atoms with E-state index >= 15 is 0 Å². The molecule has 0 atom stereocenters. The van der Waals surface area contributed by atoms with Crippen LogP contribution in [0.25, 0.3) is 32.3 Å². The number of hydrogen-bond donors (Lipinski definition) is 0. The van der Waals surface area contributed by atoms with Crippen LogP contribution in [0.1, 0.15) is 44.1 Å². The van der Waals surface area contributed by atoms with Gasteiger partial charge in [-0.2, -0.15) is 0 Å². The van der Waals surface area contributed by atoms with Gasteiger partial charge in [-0.05, 0) is 63.1 Å². The van der Waals surface area contributed by atoms with Gasteiger partial charge in [-0.1, -0.05) is 80.3 Å². The first-order valence-electron chi connectivity index (χ1n) is 9.39. The van der Waals surface area contributed by atoms with Crippen LogP contribution in [-0.2, 0) is 6.42 Å². The maximum Gasteiger partial charge on any atom is -0.00240 e. The Labute approximate surface area is 143 Å². The van der Waals surface area contributed by atoms with Gasteiger partial charge in [0.2, 0.25) is 0 Å². The molecule has 5 rings (SSSR count). The summed E-state index contributed by atoms with van der Waals surface area (Å²) < 4.78 is 0. The topological polar surface area (TPSA) is 0 Å². The lowest BCUT2D eigenvalue weighted by molar-refractivity contribution is 0.702. The minimum absolute atomic E-state index is 1.17. The fourth-order valence-electron chi connectivity index (χ4n) is 4.62. The molecule has 4 aromatic rings. The van der Waals surface area contributed by atoms with Crippen molar-refractivity contribution in [1.82, 2.24) is 0 Å². The zero-order valence-electron chi connectivity index (χ0n) is 14.1. The number of rotatable bonds is 2. The predicted octanol–water partition coefficient (Wildman–Crippen LogP) is 7.06. The molecule has 0 heterocycles. The lowest BCUT2D eigenvalue weighted by Crippen LogP contribution is -2.01. The maximum absolute atomic E-state index is 2.37. The smallest absolute Gasteiger partial charge is 0.00240 e. The Kier molecular flexibility index (Phi) is 3.43. The molecule has 24 heavy (non-hydrogen) atoms. The first-order chi connectivity index (χ1) is 11.9. The minimum atomic E-state index is 1.17. The molecule has 1 aliphatic rings. The van der Waals surface area contributed by atoms with Crippen molar-refractivity contribution in [2.24, 2.45) is 0 Å². The van der Waals surface area contributed by atoms with E-state index in [0.29, 0.717) is 0 Å². The Morgan fingerprint density at radius 1 is 0.583 bits per heavy atom. The summed E-state index contributed by atoms with van der Waals surface area (Å²) in [6.07, 6.45) is 9.46. The summed E-state index contributed by atoms with van der Waals surface area (Å²) in [6.45, 7) is 0. The highest BCUT2D eigenvalue weighted by Crippen LogP contribution is 2.37. The van der Waals surface area contributed by atoms with Gasteiger partial charge in [-0.25, -0.2) is 0 Å². The summed E-state index contributed by atoms with van der Waals surface area (Å²) in [4.78, 5) is 0. The van der Waals surface area contributed by atoms with Crippen molar-refractivity contribution in [3.63, 3.8) is 0 Å². The van der Waals surface area contributed by atoms with Crippen LogP contribution in [0.15, 0.2) is 54.6 Å². The molecular weight excluding hydrogens is 288 g/mol. The third-order valence-electron chi connectivity index (χ3n) is 5.87. The largest absolute Gasteiger partial charge is 0.0610 e. The van der Waals surface area contributed by atoms with Crippen molar-refractivity contribution in [3.8, 4) is 0 Å². The third kappa shape index (κ3) is 2.28. The quantitative estimate of drug-likeness (QED) is 0.275. The average molecular weight is 311 g/mol. The van der Waals surface area contributed by atoms with Crippen molar-refractivity contribution in [2.75, 3.05) is 0 Å². The van der Waals surface area contributed by atoms with Gasteiger partial charge >= 0.3 is 0 Å². The number of benzene rings is 4. The van der Waals surface area contributed by atoms with Crippen LogP contribution in [0.5, 0.6) is 0 Å². The van der Waals surface area contributed by atoms with Crippen molar-refractivity contribution in [1.29, 1.82) is 0 Å². The molecule has 0 aromatic heterocycles. The van der Waals surface area contributed by atoms with E-state index in [-0.39, 0.29) is 0 Å². The fourth-order valence-corrected chi connectivity index (χ4v) is 4.62. The molecular formula is C24H23. The van der Waals surface area contributed by atoms with Crippen molar-refractivity contribution >= 4 is 32.3 Å². The van der Waals surface area contributed by atoms with Crippen LogP contribution < -0.4 is 0 Å². The second-order valence-electron chi connectivity index (χ2n) is 7.42. The van der Waals surface area contributed by atoms with Crippen LogP contribution in [0.2, 0.25) is 0 Å². The zero-order chi connectivity index (χ0) is 15.9. The van der Waals surface area contributed by atoms with Crippen LogP contribution >= 0.6 is 0 Å². The minimum Gasteiger partial charge on any atom is -0.0610 e. The second-order valence-corrected chi connectivity index (χ2v) is 7.42. The van der Waals surface area contributed by atoms with E-state index in [1.54, 1.807) is 5.92 Å². The molecule has 1 radical (unpaired) electrons. The van der Waals surface area contributed by atoms with Gasteiger partial charge < -0.3 is 0 Å². The van der Waals surface area contributed by atoms with E-state index < -0.39 is 0 Å². The van der Waals surface area contributed by atoms with Crippen LogP contribution in [0, 0.1) is 5.92 Å². The van der Waals surface area contributed by atoms with Crippen molar-refractivity contribution in [2.45, 2.75) is 44.9 Å². The molecule has 1 fully saturated rings. The molecule has 0 N–H and O–H groups in total. The van der Waals surface area contributed by atoms with E-state index in [1.165, 1.54) is 82.8 Å². The third-order valence-corrected chi connectivity index (χ3v) is 5.87. The number of hydrogen-bond acceptors (Lipinski definition) is 0. The highest BCUT2D eigenvalue weighted by molar-refractivity contribution is 6.23. The summed E-state index contributed by atoms with van der Waals surface area (Å²) in [6, 6.07) is 20.6. The molecule has 0 heteroatoms. The SMILES string of the molecule is c1cc2ccc3ccc(C[C]4CCCCCC4)c4ccc(c1)c2c34. The van der Waals surface area contributed by atoms with Gasteiger partial charge in [-0.3, -0.25) is 0 Å². The highest BCUT2D eigenvalue weighted by atomic mass is 14.2. The van der Waals surface area contributed by atoms with Crippen LogP contribution in [-0.4, -0.2) is 0 Å². The predicted molar refractivity (Wildman–Crippen MR) is 105 cm³/mol. The Morgan fingerprint density at radius 2 is 1.21 bits per heavy atom. The molecule has 1 saturated carbocycles. The molecule has 4 aromatic carbocycles. The molecule has 1 aliphatic carbocycles. The van der Waals surface area contributed by atoms with Gasteiger partial charge in [0.1, 0.15) is 0 Å². The summed E-state index contributed by atoms with van der Waals surface area (Å²) >= 11 is 0. The van der Waals surface area contributed by atoms with Gasteiger partial charge in [0, 0.05) is 0 Å². The molecule has 0 spiro atoms. The van der Waals surface area contributed by atoms with E-state index in [9.17, 15) is 0 Å². The average Bonchev–Trinajstić information content (AvgIpc) is 2.90. The van der Waals surface area contributed by atoms with E-state index in [1.807, 2.05) is 0 Å². The van der Waals surface area contributed by atoms with E-state index in [4.69, 9.17) is 0 Å². The van der Waals surface area contributed by atoms with Crippen molar-refractivity contribution in [3.05, 3.63) is 66.1 Å². The van der Waals surface area contributed by atoms with Gasteiger partial charge in [0.15, 0.2) is 0 Å².